The van der Waals surface area contributed by atoms with Crippen molar-refractivity contribution >= 4 is 11.8 Å². The number of carbonyl (C=O) groups excluding carboxylic acids is 2. The van der Waals surface area contributed by atoms with Crippen LogP contribution < -0.4 is 10.1 Å². The molecule has 2 unspecified atom stereocenters. The average Bonchev–Trinajstić information content (AvgIpc) is 3.58. The molecule has 1 aliphatic carbocycles. The van der Waals surface area contributed by atoms with Gasteiger partial charge in [-0.3, -0.25) is 9.59 Å². The Bertz CT molecular complexity index is 921. The van der Waals surface area contributed by atoms with Crippen LogP contribution in [-0.4, -0.2) is 35.4 Å². The zero-order valence-electron chi connectivity index (χ0n) is 17.9. The Labute approximate surface area is 178 Å². The third-order valence-electron chi connectivity index (χ3n) is 5.78. The molecule has 0 bridgehead atoms. The third-order valence-corrected chi connectivity index (χ3v) is 5.78. The van der Waals surface area contributed by atoms with Gasteiger partial charge in [-0.1, -0.05) is 36.4 Å². The molecule has 0 radical (unpaired) electrons. The number of carbonyl (C=O) groups is 2. The van der Waals surface area contributed by atoms with Crippen molar-refractivity contribution in [2.75, 3.05) is 6.54 Å². The first-order valence-electron chi connectivity index (χ1n) is 10.9. The second-order valence-electron chi connectivity index (χ2n) is 8.65. The predicted octanol–water partition coefficient (Wildman–Crippen LogP) is 3.86. The molecule has 1 saturated carbocycles. The van der Waals surface area contributed by atoms with Gasteiger partial charge >= 0.3 is 0 Å². The summed E-state index contributed by atoms with van der Waals surface area (Å²) in [6, 6.07) is 16.2. The number of nitrogens with zero attached hydrogens (tertiary/aromatic N) is 1. The molecule has 30 heavy (non-hydrogen) atoms. The lowest BCUT2D eigenvalue weighted by Gasteiger charge is -2.38. The fraction of sp³-hybridized carbons (Fsp3) is 0.440. The molecule has 1 aliphatic heterocycles. The lowest BCUT2D eigenvalue weighted by atomic mass is 9.87. The highest BCUT2D eigenvalue weighted by atomic mass is 16.5. The molecule has 1 N–H and O–H groups in total. The zero-order chi connectivity index (χ0) is 21.3. The van der Waals surface area contributed by atoms with Gasteiger partial charge in [-0.25, -0.2) is 0 Å². The predicted molar refractivity (Wildman–Crippen MR) is 116 cm³/mol. The van der Waals surface area contributed by atoms with E-state index >= 15 is 0 Å². The van der Waals surface area contributed by atoms with Crippen LogP contribution in [0, 0.1) is 5.92 Å². The maximum absolute atomic E-state index is 13.1. The third kappa shape index (κ3) is 4.35. The average molecular weight is 407 g/mol. The van der Waals surface area contributed by atoms with Gasteiger partial charge in [0.2, 0.25) is 5.91 Å². The molecular formula is C25H30N2O3. The molecule has 0 saturated heterocycles. The van der Waals surface area contributed by atoms with E-state index < -0.39 is 6.10 Å². The topological polar surface area (TPSA) is 58.6 Å². The Morgan fingerprint density at radius 2 is 1.80 bits per heavy atom. The van der Waals surface area contributed by atoms with E-state index in [4.69, 9.17) is 4.74 Å². The van der Waals surface area contributed by atoms with Gasteiger partial charge in [0.15, 0.2) is 6.10 Å². The molecule has 0 aromatic heterocycles. The lowest BCUT2D eigenvalue weighted by molar-refractivity contribution is -0.134. The summed E-state index contributed by atoms with van der Waals surface area (Å²) in [7, 11) is 0. The monoisotopic (exact) mass is 406 g/mol. The normalized spacial score (nSPS) is 19.2. The Hall–Kier alpha value is -2.82. The van der Waals surface area contributed by atoms with Crippen LogP contribution in [0.5, 0.6) is 5.75 Å². The van der Waals surface area contributed by atoms with Gasteiger partial charge in [0, 0.05) is 18.5 Å². The Balaban J connectivity index is 1.65. The van der Waals surface area contributed by atoms with Crippen molar-refractivity contribution in [1.82, 2.24) is 10.2 Å². The molecule has 2 aromatic rings. The second-order valence-corrected chi connectivity index (χ2v) is 8.65. The number of hydrogen-bond donors (Lipinski definition) is 1. The fourth-order valence-corrected chi connectivity index (χ4v) is 4.12. The quantitative estimate of drug-likeness (QED) is 0.792. The number of rotatable bonds is 6. The van der Waals surface area contributed by atoms with Crippen LogP contribution >= 0.6 is 0 Å². The van der Waals surface area contributed by atoms with Gasteiger partial charge in [0.25, 0.3) is 5.91 Å². The summed E-state index contributed by atoms with van der Waals surface area (Å²) in [5.41, 5.74) is 3.43. The molecule has 2 aliphatic rings. The fourth-order valence-electron chi connectivity index (χ4n) is 4.12. The lowest BCUT2D eigenvalue weighted by Crippen LogP contribution is -2.41. The van der Waals surface area contributed by atoms with Crippen molar-refractivity contribution in [3.63, 3.8) is 0 Å². The highest BCUT2D eigenvalue weighted by molar-refractivity contribution is 5.82. The van der Waals surface area contributed by atoms with Crippen LogP contribution in [-0.2, 0) is 16.0 Å². The van der Waals surface area contributed by atoms with Gasteiger partial charge in [0.05, 0.1) is 6.04 Å². The first-order chi connectivity index (χ1) is 14.4. The number of ether oxygens (including phenoxy) is 1. The minimum Gasteiger partial charge on any atom is -0.481 e. The van der Waals surface area contributed by atoms with Gasteiger partial charge in [-0.05, 0) is 68.9 Å². The van der Waals surface area contributed by atoms with Crippen molar-refractivity contribution in [3.05, 3.63) is 65.2 Å². The van der Waals surface area contributed by atoms with Crippen molar-refractivity contribution < 1.29 is 14.3 Å². The molecule has 5 heteroatoms. The van der Waals surface area contributed by atoms with Gasteiger partial charge in [-0.2, -0.15) is 0 Å². The van der Waals surface area contributed by atoms with Crippen molar-refractivity contribution in [2.24, 2.45) is 5.92 Å². The van der Waals surface area contributed by atoms with Gasteiger partial charge in [-0.15, -0.1) is 0 Å². The molecule has 1 heterocycles. The highest BCUT2D eigenvalue weighted by Crippen LogP contribution is 2.41. The first-order valence-corrected chi connectivity index (χ1v) is 10.9. The van der Waals surface area contributed by atoms with Crippen LogP contribution in [0.15, 0.2) is 48.5 Å². The van der Waals surface area contributed by atoms with E-state index in [-0.39, 0.29) is 29.8 Å². The summed E-state index contributed by atoms with van der Waals surface area (Å²) in [6.07, 6.45) is 2.24. The Kier molecular flexibility index (Phi) is 5.80. The molecule has 5 nitrogen and oxygen atoms in total. The van der Waals surface area contributed by atoms with Crippen LogP contribution in [0.3, 0.4) is 0 Å². The van der Waals surface area contributed by atoms with E-state index in [9.17, 15) is 9.59 Å². The Morgan fingerprint density at radius 3 is 2.47 bits per heavy atom. The van der Waals surface area contributed by atoms with Crippen molar-refractivity contribution in [1.29, 1.82) is 0 Å². The van der Waals surface area contributed by atoms with Crippen LogP contribution in [0.25, 0.3) is 0 Å². The number of benzene rings is 2. The standard InChI is InChI=1S/C25H30N2O3/c1-16(2)26-24(28)17(3)30-21-12-11-18-13-14-27(25(29)20-9-10-20)23(22(18)15-21)19-7-5-4-6-8-19/h4-8,11-12,15-17,20,23H,9-10,13-14H2,1-3H3,(H,26,28). The van der Waals surface area contributed by atoms with Crippen molar-refractivity contribution in [3.8, 4) is 5.75 Å². The summed E-state index contributed by atoms with van der Waals surface area (Å²) in [4.78, 5) is 27.4. The van der Waals surface area contributed by atoms with E-state index in [1.54, 1.807) is 6.92 Å². The Morgan fingerprint density at radius 1 is 1.07 bits per heavy atom. The zero-order valence-corrected chi connectivity index (χ0v) is 17.9. The second kappa shape index (κ2) is 8.50. The number of amides is 2. The van der Waals surface area contributed by atoms with Gasteiger partial charge in [0.1, 0.15) is 5.75 Å². The van der Waals surface area contributed by atoms with E-state index in [2.05, 4.69) is 23.5 Å². The summed E-state index contributed by atoms with van der Waals surface area (Å²) >= 11 is 0. The molecule has 2 atom stereocenters. The molecule has 2 aromatic carbocycles. The summed E-state index contributed by atoms with van der Waals surface area (Å²) in [5, 5.41) is 2.88. The largest absolute Gasteiger partial charge is 0.481 e. The van der Waals surface area contributed by atoms with Crippen LogP contribution in [0.2, 0.25) is 0 Å². The van der Waals surface area contributed by atoms with E-state index in [0.717, 1.165) is 36.9 Å². The SMILES string of the molecule is CC(C)NC(=O)C(C)Oc1ccc2c(c1)C(c1ccccc1)N(C(=O)C1CC1)CC2. The van der Waals surface area contributed by atoms with Crippen LogP contribution in [0.4, 0.5) is 0 Å². The summed E-state index contributed by atoms with van der Waals surface area (Å²) in [6.45, 7) is 6.35. The molecule has 0 spiro atoms. The van der Waals surface area contributed by atoms with Crippen molar-refractivity contribution in [2.45, 2.75) is 58.2 Å². The van der Waals surface area contributed by atoms with E-state index in [1.165, 1.54) is 5.56 Å². The molecule has 2 amide bonds. The first kappa shape index (κ1) is 20.5. The smallest absolute Gasteiger partial charge is 0.260 e. The number of fused-ring (bicyclic) bond motifs is 1. The number of hydrogen-bond acceptors (Lipinski definition) is 3. The van der Waals surface area contributed by atoms with Gasteiger partial charge < -0.3 is 15.0 Å². The van der Waals surface area contributed by atoms with E-state index in [0.29, 0.717) is 5.75 Å². The highest BCUT2D eigenvalue weighted by Gasteiger charge is 2.39. The molecule has 4 rings (SSSR count). The molecule has 158 valence electrons. The van der Waals surface area contributed by atoms with Crippen LogP contribution in [0.1, 0.15) is 56.3 Å². The molecular weight excluding hydrogens is 376 g/mol. The maximum Gasteiger partial charge on any atom is 0.260 e. The summed E-state index contributed by atoms with van der Waals surface area (Å²) in [5.74, 6) is 0.956. The minimum atomic E-state index is -0.589. The maximum atomic E-state index is 13.1. The molecule has 1 fully saturated rings. The van der Waals surface area contributed by atoms with E-state index in [1.807, 2.05) is 49.1 Å². The minimum absolute atomic E-state index is 0.0662. The number of nitrogens with one attached hydrogen (secondary N) is 1. The summed E-state index contributed by atoms with van der Waals surface area (Å²) < 4.78 is 5.97.